The van der Waals surface area contributed by atoms with Crippen molar-refractivity contribution in [2.24, 2.45) is 0 Å². The molecule has 3 heterocycles. The van der Waals surface area contributed by atoms with Crippen LogP contribution < -0.4 is 9.64 Å². The number of aromatic nitrogens is 2. The summed E-state index contributed by atoms with van der Waals surface area (Å²) in [4.78, 5) is 17.8. The molecule has 0 saturated carbocycles. The van der Waals surface area contributed by atoms with E-state index in [-0.39, 0.29) is 29.1 Å². The van der Waals surface area contributed by atoms with E-state index in [0.717, 1.165) is 6.07 Å². The zero-order valence-electron chi connectivity index (χ0n) is 13.4. The maximum Gasteiger partial charge on any atom is 0.265 e. The molecule has 0 aliphatic carbocycles. The number of ether oxygens (including phenoxy) is 1. The van der Waals surface area contributed by atoms with Crippen molar-refractivity contribution in [2.75, 3.05) is 11.5 Å². The molecule has 9 heteroatoms. The van der Waals surface area contributed by atoms with Gasteiger partial charge < -0.3 is 9.14 Å². The SMILES string of the molecule is Cc1nc2cc(F)c(Br)cn2c1CN1C(=O)COc2c(F)cc(F)cc21. The van der Waals surface area contributed by atoms with Crippen molar-refractivity contribution >= 4 is 33.2 Å². The van der Waals surface area contributed by atoms with Gasteiger partial charge >= 0.3 is 0 Å². The Morgan fingerprint density at radius 1 is 1.23 bits per heavy atom. The van der Waals surface area contributed by atoms with E-state index in [0.29, 0.717) is 23.1 Å². The molecule has 0 bridgehead atoms. The quantitative estimate of drug-likeness (QED) is 0.628. The lowest BCUT2D eigenvalue weighted by atomic mass is 10.2. The highest BCUT2D eigenvalue weighted by molar-refractivity contribution is 9.10. The number of fused-ring (bicyclic) bond motifs is 2. The molecule has 0 N–H and O–H groups in total. The fourth-order valence-corrected chi connectivity index (χ4v) is 3.28. The van der Waals surface area contributed by atoms with E-state index in [1.54, 1.807) is 11.3 Å². The Bertz CT molecular complexity index is 1070. The molecule has 1 aromatic carbocycles. The minimum absolute atomic E-state index is 0.00313. The molecule has 3 aromatic rings. The van der Waals surface area contributed by atoms with E-state index < -0.39 is 23.4 Å². The molecule has 4 rings (SSSR count). The van der Waals surface area contributed by atoms with Crippen LogP contribution in [-0.4, -0.2) is 21.9 Å². The van der Waals surface area contributed by atoms with Gasteiger partial charge in [0.1, 0.15) is 17.3 Å². The van der Waals surface area contributed by atoms with Gasteiger partial charge in [-0.05, 0) is 22.9 Å². The Morgan fingerprint density at radius 3 is 2.77 bits per heavy atom. The molecule has 0 atom stereocenters. The maximum absolute atomic E-state index is 14.0. The Kier molecular flexibility index (Phi) is 3.91. The molecule has 1 aliphatic rings. The normalized spacial score (nSPS) is 13.9. The number of carbonyl (C=O) groups is 1. The van der Waals surface area contributed by atoms with Crippen molar-refractivity contribution in [2.45, 2.75) is 13.5 Å². The lowest BCUT2D eigenvalue weighted by molar-refractivity contribution is -0.121. The Balaban J connectivity index is 1.84. The predicted octanol–water partition coefficient (Wildman–Crippen LogP) is 3.75. The van der Waals surface area contributed by atoms with Gasteiger partial charge in [-0.15, -0.1) is 0 Å². The number of rotatable bonds is 2. The van der Waals surface area contributed by atoms with E-state index in [1.807, 2.05) is 0 Å². The van der Waals surface area contributed by atoms with Crippen LogP contribution in [0.2, 0.25) is 0 Å². The van der Waals surface area contributed by atoms with E-state index in [2.05, 4.69) is 20.9 Å². The molecule has 1 amide bonds. The average molecular weight is 426 g/mol. The van der Waals surface area contributed by atoms with Gasteiger partial charge in [0, 0.05) is 24.4 Å². The van der Waals surface area contributed by atoms with Crippen LogP contribution in [0.25, 0.3) is 5.65 Å². The van der Waals surface area contributed by atoms with Gasteiger partial charge in [0.2, 0.25) is 0 Å². The second kappa shape index (κ2) is 6.01. The van der Waals surface area contributed by atoms with E-state index in [4.69, 9.17) is 4.74 Å². The first-order valence-corrected chi connectivity index (χ1v) is 8.39. The van der Waals surface area contributed by atoms with Gasteiger partial charge in [-0.2, -0.15) is 0 Å². The van der Waals surface area contributed by atoms with E-state index in [1.165, 1.54) is 17.2 Å². The minimum atomic E-state index is -0.878. The molecule has 134 valence electrons. The molecule has 0 spiro atoms. The Hall–Kier alpha value is -2.55. The number of hydrogen-bond acceptors (Lipinski definition) is 3. The lowest BCUT2D eigenvalue weighted by Crippen LogP contribution is -2.39. The van der Waals surface area contributed by atoms with Crippen molar-refractivity contribution in [3.63, 3.8) is 0 Å². The number of hydrogen-bond donors (Lipinski definition) is 0. The highest BCUT2D eigenvalue weighted by Crippen LogP contribution is 2.36. The van der Waals surface area contributed by atoms with Crippen LogP contribution in [0, 0.1) is 24.4 Å². The molecule has 0 radical (unpaired) electrons. The summed E-state index contributed by atoms with van der Waals surface area (Å²) in [7, 11) is 0. The topological polar surface area (TPSA) is 46.8 Å². The molecule has 2 aromatic heterocycles. The summed E-state index contributed by atoms with van der Waals surface area (Å²) in [6.45, 7) is 1.36. The van der Waals surface area contributed by atoms with Crippen LogP contribution in [0.3, 0.4) is 0 Å². The summed E-state index contributed by atoms with van der Waals surface area (Å²) in [5.41, 5.74) is 1.53. The van der Waals surface area contributed by atoms with Crippen LogP contribution >= 0.6 is 15.9 Å². The third kappa shape index (κ3) is 2.63. The molecule has 26 heavy (non-hydrogen) atoms. The predicted molar refractivity (Wildman–Crippen MR) is 90.6 cm³/mol. The molecule has 5 nitrogen and oxygen atoms in total. The lowest BCUT2D eigenvalue weighted by Gasteiger charge is -2.29. The van der Waals surface area contributed by atoms with Gasteiger partial charge in [0.15, 0.2) is 18.2 Å². The summed E-state index contributed by atoms with van der Waals surface area (Å²) in [6.07, 6.45) is 1.50. The number of carbonyl (C=O) groups excluding carboxylic acids is 1. The second-order valence-electron chi connectivity index (χ2n) is 5.85. The number of amides is 1. The summed E-state index contributed by atoms with van der Waals surface area (Å²) in [5, 5.41) is 0. The first-order chi connectivity index (χ1) is 12.3. The van der Waals surface area contributed by atoms with Crippen molar-refractivity contribution < 1.29 is 22.7 Å². The smallest absolute Gasteiger partial charge is 0.265 e. The van der Waals surface area contributed by atoms with Crippen LogP contribution in [0.1, 0.15) is 11.4 Å². The zero-order chi connectivity index (χ0) is 18.6. The number of pyridine rings is 1. The fraction of sp³-hybridized carbons (Fsp3) is 0.176. The first kappa shape index (κ1) is 16.9. The number of aryl methyl sites for hydroxylation is 1. The van der Waals surface area contributed by atoms with E-state index in [9.17, 15) is 18.0 Å². The molecule has 0 unspecified atom stereocenters. The summed E-state index contributed by atoms with van der Waals surface area (Å²) < 4.78 is 48.3. The largest absolute Gasteiger partial charge is 0.478 e. The highest BCUT2D eigenvalue weighted by atomic mass is 79.9. The first-order valence-electron chi connectivity index (χ1n) is 7.60. The average Bonchev–Trinajstić information content (AvgIpc) is 2.85. The third-order valence-corrected chi connectivity index (χ3v) is 4.78. The summed E-state index contributed by atoms with van der Waals surface area (Å²) in [6, 6.07) is 3.00. The minimum Gasteiger partial charge on any atom is -0.478 e. The van der Waals surface area contributed by atoms with Crippen LogP contribution in [-0.2, 0) is 11.3 Å². The van der Waals surface area contributed by atoms with Crippen LogP contribution in [0.15, 0.2) is 28.9 Å². The summed E-state index contributed by atoms with van der Waals surface area (Å²) >= 11 is 3.12. The van der Waals surface area contributed by atoms with Crippen molar-refractivity contribution in [1.29, 1.82) is 0 Å². The summed E-state index contributed by atoms with van der Waals surface area (Å²) in [5.74, 6) is -2.78. The third-order valence-electron chi connectivity index (χ3n) is 4.19. The van der Waals surface area contributed by atoms with Gasteiger partial charge in [0.25, 0.3) is 5.91 Å². The Morgan fingerprint density at radius 2 is 2.00 bits per heavy atom. The van der Waals surface area contributed by atoms with Crippen LogP contribution in [0.5, 0.6) is 5.75 Å². The number of imidazole rings is 1. The number of nitrogens with zero attached hydrogens (tertiary/aromatic N) is 3. The molecule has 1 aliphatic heterocycles. The second-order valence-corrected chi connectivity index (χ2v) is 6.70. The number of benzene rings is 1. The zero-order valence-corrected chi connectivity index (χ0v) is 15.0. The van der Waals surface area contributed by atoms with Gasteiger partial charge in [0.05, 0.1) is 28.1 Å². The standard InChI is InChI=1S/C17H11BrF3N3O2/c1-8-14(23-5-10(18)11(20)4-15(23)22-8)6-24-13-3-9(19)2-12(21)17(13)26-7-16(24)25/h2-5H,6-7H2,1H3. The van der Waals surface area contributed by atoms with Crippen molar-refractivity contribution in [3.8, 4) is 5.75 Å². The highest BCUT2D eigenvalue weighted by Gasteiger charge is 2.30. The van der Waals surface area contributed by atoms with Crippen molar-refractivity contribution in [1.82, 2.24) is 9.38 Å². The molecule has 0 fully saturated rings. The number of anilines is 1. The fourth-order valence-electron chi connectivity index (χ4n) is 2.96. The van der Waals surface area contributed by atoms with Gasteiger partial charge in [-0.1, -0.05) is 0 Å². The number of halogens is 4. The molecular formula is C17H11BrF3N3O2. The van der Waals surface area contributed by atoms with Gasteiger partial charge in [-0.3, -0.25) is 9.69 Å². The van der Waals surface area contributed by atoms with Crippen LogP contribution in [0.4, 0.5) is 18.9 Å². The van der Waals surface area contributed by atoms with Gasteiger partial charge in [-0.25, -0.2) is 18.2 Å². The molecular weight excluding hydrogens is 415 g/mol. The van der Waals surface area contributed by atoms with E-state index >= 15 is 0 Å². The Labute approximate surface area is 154 Å². The van der Waals surface area contributed by atoms with Crippen molar-refractivity contribution in [3.05, 3.63) is 57.7 Å². The molecule has 0 saturated heterocycles. The maximum atomic E-state index is 14.0. The monoisotopic (exact) mass is 425 g/mol.